The standard InChI is InChI=1S/C6H8O5/c1-2-3(7)4(8)5(9)6(10)11/h3,7H,2H2,1H3,(H,10,11). The maximum atomic E-state index is 10.5. The molecule has 0 aromatic heterocycles. The van der Waals surface area contributed by atoms with Crippen molar-refractivity contribution in [3.05, 3.63) is 0 Å². The first-order chi connectivity index (χ1) is 5.00. The summed E-state index contributed by atoms with van der Waals surface area (Å²) in [6.45, 7) is 1.47. The Morgan fingerprint density at radius 2 is 1.82 bits per heavy atom. The molecule has 11 heavy (non-hydrogen) atoms. The average molecular weight is 160 g/mol. The molecular weight excluding hydrogens is 152 g/mol. The molecule has 0 saturated heterocycles. The molecule has 0 spiro atoms. The summed E-state index contributed by atoms with van der Waals surface area (Å²) in [4.78, 5) is 30.7. The number of carbonyl (C=O) groups is 3. The highest BCUT2D eigenvalue weighted by Gasteiger charge is 2.26. The van der Waals surface area contributed by atoms with Crippen LogP contribution in [0.25, 0.3) is 0 Å². The number of hydrogen-bond acceptors (Lipinski definition) is 4. The van der Waals surface area contributed by atoms with E-state index in [0.717, 1.165) is 0 Å². The van der Waals surface area contributed by atoms with E-state index in [9.17, 15) is 14.4 Å². The molecule has 62 valence electrons. The summed E-state index contributed by atoms with van der Waals surface area (Å²) in [6.07, 6.45) is -1.45. The zero-order chi connectivity index (χ0) is 9.02. The van der Waals surface area contributed by atoms with Gasteiger partial charge in [-0.2, -0.15) is 0 Å². The van der Waals surface area contributed by atoms with Crippen molar-refractivity contribution < 1.29 is 24.6 Å². The van der Waals surface area contributed by atoms with Crippen molar-refractivity contribution in [2.24, 2.45) is 0 Å². The number of hydrogen-bond donors (Lipinski definition) is 2. The number of rotatable bonds is 4. The molecular formula is C6H8O5. The Balaban J connectivity index is 4.26. The molecule has 1 unspecified atom stereocenters. The second kappa shape index (κ2) is 3.82. The second-order valence-corrected chi connectivity index (χ2v) is 1.92. The van der Waals surface area contributed by atoms with Crippen molar-refractivity contribution in [2.45, 2.75) is 19.4 Å². The van der Waals surface area contributed by atoms with Crippen LogP contribution in [0.15, 0.2) is 0 Å². The van der Waals surface area contributed by atoms with Crippen LogP contribution in [0, 0.1) is 0 Å². The molecule has 0 saturated carbocycles. The maximum absolute atomic E-state index is 10.5. The van der Waals surface area contributed by atoms with E-state index in [-0.39, 0.29) is 6.42 Å². The van der Waals surface area contributed by atoms with E-state index in [0.29, 0.717) is 0 Å². The van der Waals surface area contributed by atoms with Gasteiger partial charge in [-0.1, -0.05) is 6.92 Å². The molecule has 0 heterocycles. The molecule has 0 radical (unpaired) electrons. The predicted octanol–water partition coefficient (Wildman–Crippen LogP) is -1.02. The number of aliphatic carboxylic acids is 1. The molecule has 5 nitrogen and oxygen atoms in total. The van der Waals surface area contributed by atoms with Crippen LogP contribution in [0.1, 0.15) is 13.3 Å². The van der Waals surface area contributed by atoms with E-state index in [1.54, 1.807) is 0 Å². The SMILES string of the molecule is CCC(O)C(=O)C(=O)C(=O)O. The highest BCUT2D eigenvalue weighted by molar-refractivity contribution is 6.62. The monoisotopic (exact) mass is 160 g/mol. The minimum atomic E-state index is -1.83. The Hall–Kier alpha value is -1.23. The summed E-state index contributed by atoms with van der Waals surface area (Å²) in [5.41, 5.74) is 0. The van der Waals surface area contributed by atoms with Gasteiger partial charge in [0.2, 0.25) is 5.78 Å². The van der Waals surface area contributed by atoms with Crippen molar-refractivity contribution in [3.8, 4) is 0 Å². The number of Topliss-reactive ketones (excluding diaryl/α,β-unsaturated/α-hetero) is 2. The van der Waals surface area contributed by atoms with Crippen LogP contribution >= 0.6 is 0 Å². The summed E-state index contributed by atoms with van der Waals surface area (Å²) in [7, 11) is 0. The molecule has 0 aliphatic heterocycles. The minimum Gasteiger partial charge on any atom is -0.475 e. The fraction of sp³-hybridized carbons (Fsp3) is 0.500. The lowest BCUT2D eigenvalue weighted by molar-refractivity contribution is -0.155. The summed E-state index contributed by atoms with van der Waals surface area (Å²) in [6, 6.07) is 0. The molecule has 1 atom stereocenters. The molecule has 0 rings (SSSR count). The van der Waals surface area contributed by atoms with Crippen molar-refractivity contribution in [1.29, 1.82) is 0 Å². The number of ketones is 2. The lowest BCUT2D eigenvalue weighted by Gasteiger charge is -2.01. The molecule has 0 aliphatic carbocycles. The third kappa shape index (κ3) is 2.46. The van der Waals surface area contributed by atoms with Gasteiger partial charge in [0.05, 0.1) is 0 Å². The van der Waals surface area contributed by atoms with Gasteiger partial charge in [0.15, 0.2) is 0 Å². The smallest absolute Gasteiger partial charge is 0.380 e. The first kappa shape index (κ1) is 9.77. The van der Waals surface area contributed by atoms with Crippen LogP contribution in [0.5, 0.6) is 0 Å². The molecule has 0 aromatic rings. The van der Waals surface area contributed by atoms with E-state index in [4.69, 9.17) is 10.2 Å². The Kier molecular flexibility index (Phi) is 3.39. The van der Waals surface area contributed by atoms with Crippen LogP contribution in [0.2, 0.25) is 0 Å². The van der Waals surface area contributed by atoms with E-state index in [1.165, 1.54) is 6.92 Å². The molecule has 0 fully saturated rings. The normalized spacial score (nSPS) is 12.2. The van der Waals surface area contributed by atoms with Crippen molar-refractivity contribution in [3.63, 3.8) is 0 Å². The molecule has 0 aliphatic rings. The number of aliphatic hydroxyl groups excluding tert-OH is 1. The van der Waals surface area contributed by atoms with Crippen LogP contribution < -0.4 is 0 Å². The molecule has 2 N–H and O–H groups in total. The quantitative estimate of drug-likeness (QED) is 0.405. The van der Waals surface area contributed by atoms with Crippen molar-refractivity contribution in [1.82, 2.24) is 0 Å². The number of carboxylic acid groups (broad SMARTS) is 1. The second-order valence-electron chi connectivity index (χ2n) is 1.92. The Bertz CT molecular complexity index is 195. The summed E-state index contributed by atoms with van der Waals surface area (Å²) < 4.78 is 0. The molecule has 0 bridgehead atoms. The highest BCUT2D eigenvalue weighted by atomic mass is 16.4. The van der Waals surface area contributed by atoms with E-state index >= 15 is 0 Å². The molecule has 5 heteroatoms. The first-order valence-electron chi connectivity index (χ1n) is 3.00. The zero-order valence-electron chi connectivity index (χ0n) is 5.90. The zero-order valence-corrected chi connectivity index (χ0v) is 5.90. The Labute approximate surface area is 62.6 Å². The van der Waals surface area contributed by atoms with Gasteiger partial charge in [0, 0.05) is 0 Å². The fourth-order valence-electron chi connectivity index (χ4n) is 0.442. The van der Waals surface area contributed by atoms with Gasteiger partial charge >= 0.3 is 11.8 Å². The third-order valence-electron chi connectivity index (χ3n) is 1.11. The molecule has 0 amide bonds. The van der Waals surface area contributed by atoms with Gasteiger partial charge < -0.3 is 10.2 Å². The maximum Gasteiger partial charge on any atom is 0.380 e. The third-order valence-corrected chi connectivity index (χ3v) is 1.11. The number of aliphatic hydroxyl groups is 1. The highest BCUT2D eigenvalue weighted by Crippen LogP contribution is 1.92. The lowest BCUT2D eigenvalue weighted by Crippen LogP contribution is -2.32. The lowest BCUT2D eigenvalue weighted by atomic mass is 10.1. The summed E-state index contributed by atoms with van der Waals surface area (Å²) >= 11 is 0. The van der Waals surface area contributed by atoms with E-state index in [1.807, 2.05) is 0 Å². The molecule has 0 aromatic carbocycles. The van der Waals surface area contributed by atoms with Gasteiger partial charge in [-0.05, 0) is 6.42 Å². The largest absolute Gasteiger partial charge is 0.475 e. The van der Waals surface area contributed by atoms with Gasteiger partial charge in [-0.25, -0.2) is 4.79 Å². The Morgan fingerprint density at radius 3 is 2.09 bits per heavy atom. The van der Waals surface area contributed by atoms with Crippen molar-refractivity contribution >= 4 is 17.5 Å². The number of carbonyl (C=O) groups excluding carboxylic acids is 2. The van der Waals surface area contributed by atoms with E-state index < -0.39 is 23.6 Å². The predicted molar refractivity (Wildman–Crippen MR) is 33.9 cm³/mol. The fourth-order valence-corrected chi connectivity index (χ4v) is 0.442. The van der Waals surface area contributed by atoms with Gasteiger partial charge in [0.25, 0.3) is 0 Å². The summed E-state index contributed by atoms with van der Waals surface area (Å²) in [5, 5.41) is 16.7. The number of carboxylic acids is 1. The van der Waals surface area contributed by atoms with Crippen LogP contribution in [0.3, 0.4) is 0 Å². The topological polar surface area (TPSA) is 91.7 Å². The van der Waals surface area contributed by atoms with Gasteiger partial charge in [-0.15, -0.1) is 0 Å². The Morgan fingerprint density at radius 1 is 1.36 bits per heavy atom. The van der Waals surface area contributed by atoms with Crippen LogP contribution in [-0.2, 0) is 14.4 Å². The minimum absolute atomic E-state index is 0.0395. The average Bonchev–Trinajstić information content (AvgIpc) is 2.00. The first-order valence-corrected chi connectivity index (χ1v) is 3.00. The van der Waals surface area contributed by atoms with Crippen molar-refractivity contribution in [2.75, 3.05) is 0 Å². The van der Waals surface area contributed by atoms with Crippen LogP contribution in [-0.4, -0.2) is 33.9 Å². The van der Waals surface area contributed by atoms with E-state index in [2.05, 4.69) is 0 Å². The van der Waals surface area contributed by atoms with Gasteiger partial charge in [-0.3, -0.25) is 9.59 Å². The van der Waals surface area contributed by atoms with Gasteiger partial charge in [0.1, 0.15) is 6.10 Å². The summed E-state index contributed by atoms with van der Waals surface area (Å²) in [5.74, 6) is -4.66. The van der Waals surface area contributed by atoms with Crippen LogP contribution in [0.4, 0.5) is 0 Å².